The molecule has 2 heterocycles. The topological polar surface area (TPSA) is 87.0 Å². The number of hydrogen-bond acceptors (Lipinski definition) is 5. The van der Waals surface area contributed by atoms with E-state index in [0.29, 0.717) is 17.4 Å². The summed E-state index contributed by atoms with van der Waals surface area (Å²) in [6.07, 6.45) is 1.66. The zero-order valence-corrected chi connectivity index (χ0v) is 9.77. The number of methoxy groups -OCH3 is 1. The van der Waals surface area contributed by atoms with E-state index < -0.39 is 0 Å². The molecule has 5 heteroatoms. The molecule has 5 nitrogen and oxygen atoms in total. The average Bonchev–Trinajstić information content (AvgIpc) is 2.31. The smallest absolute Gasteiger partial charge is 0.140 e. The van der Waals surface area contributed by atoms with E-state index in [0.717, 1.165) is 16.8 Å². The van der Waals surface area contributed by atoms with Crippen LogP contribution in [0.4, 0.5) is 11.6 Å². The number of nitrogen functional groups attached to an aromatic ring is 2. The van der Waals surface area contributed by atoms with Crippen LogP contribution in [-0.2, 0) is 0 Å². The lowest BCUT2D eigenvalue weighted by Gasteiger charge is -2.10. The molecule has 17 heavy (non-hydrogen) atoms. The summed E-state index contributed by atoms with van der Waals surface area (Å²) in [6, 6.07) is 5.43. The Kier molecular flexibility index (Phi) is 2.82. The predicted molar refractivity (Wildman–Crippen MR) is 67.6 cm³/mol. The van der Waals surface area contributed by atoms with Gasteiger partial charge in [0.2, 0.25) is 0 Å². The van der Waals surface area contributed by atoms with Crippen LogP contribution in [0.1, 0.15) is 5.69 Å². The van der Waals surface area contributed by atoms with Gasteiger partial charge in [0.15, 0.2) is 0 Å². The first-order chi connectivity index (χ1) is 8.11. The molecular formula is C12H14N4O. The molecule has 88 valence electrons. The van der Waals surface area contributed by atoms with Crippen molar-refractivity contribution in [2.45, 2.75) is 6.92 Å². The minimum absolute atomic E-state index is 0.454. The molecule has 0 aliphatic heterocycles. The molecule has 0 bridgehead atoms. The SMILES string of the molecule is COc1cc(-c2ccc(N)nc2)c(N)nc1C. The maximum atomic E-state index is 5.89. The van der Waals surface area contributed by atoms with Gasteiger partial charge in [-0.25, -0.2) is 9.97 Å². The van der Waals surface area contributed by atoms with Crippen molar-refractivity contribution in [2.24, 2.45) is 0 Å². The molecule has 0 spiro atoms. The van der Waals surface area contributed by atoms with Crippen LogP contribution in [0.3, 0.4) is 0 Å². The summed E-state index contributed by atoms with van der Waals surface area (Å²) in [6.45, 7) is 1.85. The first-order valence-corrected chi connectivity index (χ1v) is 5.15. The maximum absolute atomic E-state index is 5.89. The molecule has 0 aliphatic carbocycles. The van der Waals surface area contributed by atoms with Gasteiger partial charge in [-0.1, -0.05) is 0 Å². The van der Waals surface area contributed by atoms with E-state index in [-0.39, 0.29) is 0 Å². The molecule has 2 aromatic heterocycles. The number of anilines is 2. The van der Waals surface area contributed by atoms with E-state index in [1.165, 1.54) is 0 Å². The molecule has 0 amide bonds. The molecule has 4 N–H and O–H groups in total. The molecule has 0 aliphatic rings. The Labute approximate surface area is 99.5 Å². The number of rotatable bonds is 2. The van der Waals surface area contributed by atoms with Gasteiger partial charge >= 0.3 is 0 Å². The Morgan fingerprint density at radius 3 is 2.59 bits per heavy atom. The molecule has 0 fully saturated rings. The van der Waals surface area contributed by atoms with Crippen molar-refractivity contribution < 1.29 is 4.74 Å². The van der Waals surface area contributed by atoms with Crippen molar-refractivity contribution >= 4 is 11.6 Å². The summed E-state index contributed by atoms with van der Waals surface area (Å²) < 4.78 is 5.22. The second-order valence-electron chi connectivity index (χ2n) is 3.68. The van der Waals surface area contributed by atoms with Crippen LogP contribution >= 0.6 is 0 Å². The third-order valence-corrected chi connectivity index (χ3v) is 2.51. The fourth-order valence-corrected chi connectivity index (χ4v) is 1.61. The molecule has 0 saturated heterocycles. The minimum Gasteiger partial charge on any atom is -0.495 e. The fraction of sp³-hybridized carbons (Fsp3) is 0.167. The zero-order chi connectivity index (χ0) is 12.4. The van der Waals surface area contributed by atoms with Crippen molar-refractivity contribution in [3.8, 4) is 16.9 Å². The van der Waals surface area contributed by atoms with Gasteiger partial charge in [-0.15, -0.1) is 0 Å². The standard InChI is InChI=1S/C12H14N4O/c1-7-10(17-2)5-9(12(14)16-7)8-3-4-11(13)15-6-8/h3-6H,1-2H3,(H2,13,15)(H2,14,16). The van der Waals surface area contributed by atoms with Crippen LogP contribution < -0.4 is 16.2 Å². The van der Waals surface area contributed by atoms with Gasteiger partial charge in [0.05, 0.1) is 12.8 Å². The second-order valence-corrected chi connectivity index (χ2v) is 3.68. The Balaban J connectivity index is 2.55. The lowest BCUT2D eigenvalue weighted by Crippen LogP contribution is -1.99. The summed E-state index contributed by atoms with van der Waals surface area (Å²) in [4.78, 5) is 8.27. The molecule has 0 atom stereocenters. The number of aryl methyl sites for hydroxylation is 1. The molecule has 0 radical (unpaired) electrons. The van der Waals surface area contributed by atoms with Crippen LogP contribution in [0.25, 0.3) is 11.1 Å². The van der Waals surface area contributed by atoms with Gasteiger partial charge < -0.3 is 16.2 Å². The number of nitrogens with two attached hydrogens (primary N) is 2. The molecule has 0 saturated carbocycles. The average molecular weight is 230 g/mol. The van der Waals surface area contributed by atoms with E-state index in [2.05, 4.69) is 9.97 Å². The van der Waals surface area contributed by atoms with Crippen molar-refractivity contribution in [1.82, 2.24) is 9.97 Å². The van der Waals surface area contributed by atoms with Crippen molar-refractivity contribution in [3.63, 3.8) is 0 Å². The van der Waals surface area contributed by atoms with Gasteiger partial charge in [-0.05, 0) is 25.1 Å². The fourth-order valence-electron chi connectivity index (χ4n) is 1.61. The van der Waals surface area contributed by atoms with Crippen LogP contribution in [0, 0.1) is 6.92 Å². The van der Waals surface area contributed by atoms with Gasteiger partial charge in [0, 0.05) is 17.3 Å². The largest absolute Gasteiger partial charge is 0.495 e. The maximum Gasteiger partial charge on any atom is 0.140 e. The molecule has 2 rings (SSSR count). The van der Waals surface area contributed by atoms with E-state index in [4.69, 9.17) is 16.2 Å². The van der Waals surface area contributed by atoms with Crippen molar-refractivity contribution in [2.75, 3.05) is 18.6 Å². The molecule has 2 aromatic rings. The molecular weight excluding hydrogens is 216 g/mol. The Hall–Kier alpha value is -2.30. The lowest BCUT2D eigenvalue weighted by atomic mass is 10.1. The van der Waals surface area contributed by atoms with Crippen molar-refractivity contribution in [3.05, 3.63) is 30.1 Å². The summed E-state index contributed by atoms with van der Waals surface area (Å²) in [7, 11) is 1.60. The zero-order valence-electron chi connectivity index (χ0n) is 9.77. The molecule has 0 unspecified atom stereocenters. The van der Waals surface area contributed by atoms with Gasteiger partial charge in [-0.3, -0.25) is 0 Å². The summed E-state index contributed by atoms with van der Waals surface area (Å²) >= 11 is 0. The highest BCUT2D eigenvalue weighted by Gasteiger charge is 2.09. The highest BCUT2D eigenvalue weighted by molar-refractivity contribution is 5.75. The highest BCUT2D eigenvalue weighted by atomic mass is 16.5. The number of aromatic nitrogens is 2. The first kappa shape index (κ1) is 11.2. The van der Waals surface area contributed by atoms with Crippen LogP contribution in [-0.4, -0.2) is 17.1 Å². The number of nitrogens with zero attached hydrogens (tertiary/aromatic N) is 2. The quantitative estimate of drug-likeness (QED) is 0.818. The summed E-state index contributed by atoms with van der Waals surface area (Å²) in [5, 5.41) is 0. The van der Waals surface area contributed by atoms with Crippen LogP contribution in [0.5, 0.6) is 5.75 Å². The Morgan fingerprint density at radius 2 is 2.00 bits per heavy atom. The first-order valence-electron chi connectivity index (χ1n) is 5.15. The number of ether oxygens (including phenoxy) is 1. The van der Waals surface area contributed by atoms with E-state index in [1.807, 2.05) is 19.1 Å². The van der Waals surface area contributed by atoms with Gasteiger partial charge in [0.1, 0.15) is 17.4 Å². The summed E-state index contributed by atoms with van der Waals surface area (Å²) in [5.41, 5.74) is 13.8. The van der Waals surface area contributed by atoms with E-state index >= 15 is 0 Å². The van der Waals surface area contributed by atoms with Gasteiger partial charge in [-0.2, -0.15) is 0 Å². The summed E-state index contributed by atoms with van der Waals surface area (Å²) in [5.74, 6) is 1.63. The minimum atomic E-state index is 0.454. The third-order valence-electron chi connectivity index (χ3n) is 2.51. The van der Waals surface area contributed by atoms with Crippen molar-refractivity contribution in [1.29, 1.82) is 0 Å². The predicted octanol–water partition coefficient (Wildman–Crippen LogP) is 1.63. The second kappa shape index (κ2) is 4.29. The van der Waals surface area contributed by atoms with E-state index in [9.17, 15) is 0 Å². The van der Waals surface area contributed by atoms with Crippen LogP contribution in [0.2, 0.25) is 0 Å². The van der Waals surface area contributed by atoms with Gasteiger partial charge in [0.25, 0.3) is 0 Å². The number of pyridine rings is 2. The highest BCUT2D eigenvalue weighted by Crippen LogP contribution is 2.29. The monoisotopic (exact) mass is 230 g/mol. The Bertz CT molecular complexity index is 537. The third kappa shape index (κ3) is 2.13. The van der Waals surface area contributed by atoms with Crippen LogP contribution in [0.15, 0.2) is 24.4 Å². The lowest BCUT2D eigenvalue weighted by molar-refractivity contribution is 0.409. The Morgan fingerprint density at radius 1 is 1.24 bits per heavy atom. The number of hydrogen-bond donors (Lipinski definition) is 2. The normalized spacial score (nSPS) is 10.2. The molecule has 0 aromatic carbocycles. The van der Waals surface area contributed by atoms with E-state index in [1.54, 1.807) is 19.4 Å².